The lowest BCUT2D eigenvalue weighted by Crippen LogP contribution is -2.42. The molecule has 0 aliphatic heterocycles. The molecular weight excluding hydrogens is 344 g/mol. The third-order valence-corrected chi connectivity index (χ3v) is 4.35. The zero-order chi connectivity index (χ0) is 20.2. The molecule has 27 heavy (non-hydrogen) atoms. The molecular formula is C20H28N4O3. The standard InChI is InChI=1S/C20H28N4O3/c1-13-18(14(2)27-23-13)19(26)24(12-20(4,5)11-21)10-16-6-8-17(9-7-16)22-15(3)25/h6-9H,10-12,21H2,1-5H3,(H,22,25). The Morgan fingerprint density at radius 2 is 1.85 bits per heavy atom. The number of amides is 2. The summed E-state index contributed by atoms with van der Waals surface area (Å²) in [7, 11) is 0. The molecule has 1 heterocycles. The molecule has 0 radical (unpaired) electrons. The molecule has 0 fully saturated rings. The van der Waals surface area contributed by atoms with Crippen LogP contribution in [0.15, 0.2) is 28.8 Å². The molecule has 7 nitrogen and oxygen atoms in total. The van der Waals surface area contributed by atoms with Crippen LogP contribution >= 0.6 is 0 Å². The topological polar surface area (TPSA) is 101 Å². The Balaban J connectivity index is 2.27. The molecule has 0 bridgehead atoms. The van der Waals surface area contributed by atoms with E-state index in [1.165, 1.54) is 6.92 Å². The van der Waals surface area contributed by atoms with E-state index in [0.29, 0.717) is 36.7 Å². The Hall–Kier alpha value is -2.67. The van der Waals surface area contributed by atoms with Gasteiger partial charge in [0.2, 0.25) is 5.91 Å². The smallest absolute Gasteiger partial charge is 0.259 e. The highest BCUT2D eigenvalue weighted by atomic mass is 16.5. The number of benzene rings is 1. The van der Waals surface area contributed by atoms with E-state index in [1.54, 1.807) is 18.7 Å². The number of hydrogen-bond donors (Lipinski definition) is 2. The Bertz CT molecular complexity index is 790. The maximum Gasteiger partial charge on any atom is 0.259 e. The monoisotopic (exact) mass is 372 g/mol. The van der Waals surface area contributed by atoms with Crippen LogP contribution in [0.1, 0.15) is 48.1 Å². The van der Waals surface area contributed by atoms with E-state index in [2.05, 4.69) is 10.5 Å². The van der Waals surface area contributed by atoms with E-state index in [0.717, 1.165) is 11.3 Å². The molecule has 1 aromatic heterocycles. The number of carbonyl (C=O) groups is 2. The predicted molar refractivity (Wildman–Crippen MR) is 104 cm³/mol. The van der Waals surface area contributed by atoms with E-state index in [-0.39, 0.29) is 17.2 Å². The van der Waals surface area contributed by atoms with Gasteiger partial charge in [0.25, 0.3) is 5.91 Å². The van der Waals surface area contributed by atoms with Crippen molar-refractivity contribution in [3.05, 3.63) is 46.8 Å². The lowest BCUT2D eigenvalue weighted by molar-refractivity contribution is -0.114. The molecule has 2 rings (SSSR count). The van der Waals surface area contributed by atoms with Crippen LogP contribution in [-0.2, 0) is 11.3 Å². The van der Waals surface area contributed by atoms with Gasteiger partial charge in [0, 0.05) is 25.7 Å². The molecule has 0 aliphatic carbocycles. The van der Waals surface area contributed by atoms with Crippen LogP contribution in [0.2, 0.25) is 0 Å². The van der Waals surface area contributed by atoms with Gasteiger partial charge >= 0.3 is 0 Å². The molecule has 0 unspecified atom stereocenters. The quantitative estimate of drug-likeness (QED) is 0.778. The van der Waals surface area contributed by atoms with E-state index < -0.39 is 0 Å². The predicted octanol–water partition coefficient (Wildman–Crippen LogP) is 2.88. The number of nitrogens with two attached hydrogens (primary N) is 1. The number of rotatable bonds is 7. The summed E-state index contributed by atoms with van der Waals surface area (Å²) in [5, 5.41) is 6.63. The molecule has 1 aromatic carbocycles. The minimum Gasteiger partial charge on any atom is -0.361 e. The van der Waals surface area contributed by atoms with Crippen molar-refractivity contribution in [2.75, 3.05) is 18.4 Å². The summed E-state index contributed by atoms with van der Waals surface area (Å²) in [5.74, 6) is 0.260. The Morgan fingerprint density at radius 1 is 1.22 bits per heavy atom. The molecule has 2 aromatic rings. The summed E-state index contributed by atoms with van der Waals surface area (Å²) in [6, 6.07) is 7.44. The Labute approximate surface area is 159 Å². The fourth-order valence-electron chi connectivity index (χ4n) is 2.84. The molecule has 7 heteroatoms. The number of nitrogens with one attached hydrogen (secondary N) is 1. The van der Waals surface area contributed by atoms with Crippen LogP contribution in [0.5, 0.6) is 0 Å². The minimum absolute atomic E-state index is 0.123. The molecule has 0 saturated carbocycles. The van der Waals surface area contributed by atoms with Gasteiger partial charge in [-0.3, -0.25) is 9.59 Å². The van der Waals surface area contributed by atoms with Crippen molar-refractivity contribution in [2.45, 2.75) is 41.2 Å². The van der Waals surface area contributed by atoms with Crippen LogP contribution < -0.4 is 11.1 Å². The summed E-state index contributed by atoms with van der Waals surface area (Å²) in [5.41, 5.74) is 8.40. The second-order valence-corrected chi connectivity index (χ2v) is 7.61. The first kappa shape index (κ1) is 20.6. The maximum absolute atomic E-state index is 13.2. The molecule has 146 valence electrons. The van der Waals surface area contributed by atoms with Gasteiger partial charge in [-0.05, 0) is 43.5 Å². The zero-order valence-corrected chi connectivity index (χ0v) is 16.6. The number of aromatic nitrogens is 1. The van der Waals surface area contributed by atoms with Crippen molar-refractivity contribution in [1.29, 1.82) is 0 Å². The molecule has 3 N–H and O–H groups in total. The number of nitrogens with zero attached hydrogens (tertiary/aromatic N) is 2. The highest BCUT2D eigenvalue weighted by Crippen LogP contribution is 2.22. The highest BCUT2D eigenvalue weighted by molar-refractivity contribution is 5.96. The van der Waals surface area contributed by atoms with Gasteiger partial charge in [0.05, 0.1) is 5.69 Å². The van der Waals surface area contributed by atoms with Crippen molar-refractivity contribution in [2.24, 2.45) is 11.1 Å². The fraction of sp³-hybridized carbons (Fsp3) is 0.450. The summed E-state index contributed by atoms with van der Waals surface area (Å²) in [4.78, 5) is 26.1. The van der Waals surface area contributed by atoms with Gasteiger partial charge in [0.15, 0.2) is 0 Å². The third-order valence-electron chi connectivity index (χ3n) is 4.35. The largest absolute Gasteiger partial charge is 0.361 e. The highest BCUT2D eigenvalue weighted by Gasteiger charge is 2.28. The summed E-state index contributed by atoms with van der Waals surface area (Å²) < 4.78 is 5.16. The number of hydrogen-bond acceptors (Lipinski definition) is 5. The summed E-state index contributed by atoms with van der Waals surface area (Å²) in [6.07, 6.45) is 0. The number of aryl methyl sites for hydroxylation is 2. The fourth-order valence-corrected chi connectivity index (χ4v) is 2.84. The van der Waals surface area contributed by atoms with E-state index >= 15 is 0 Å². The van der Waals surface area contributed by atoms with Gasteiger partial charge in [-0.2, -0.15) is 0 Å². The first-order chi connectivity index (χ1) is 12.6. The van der Waals surface area contributed by atoms with Gasteiger partial charge in [-0.15, -0.1) is 0 Å². The van der Waals surface area contributed by atoms with Crippen LogP contribution in [0, 0.1) is 19.3 Å². The van der Waals surface area contributed by atoms with Crippen molar-refractivity contribution in [3.63, 3.8) is 0 Å². The van der Waals surface area contributed by atoms with Crippen molar-refractivity contribution in [1.82, 2.24) is 10.1 Å². The SMILES string of the molecule is CC(=O)Nc1ccc(CN(CC(C)(C)CN)C(=O)c2c(C)noc2C)cc1. The molecule has 0 aliphatic rings. The van der Waals surface area contributed by atoms with Crippen LogP contribution in [0.4, 0.5) is 5.69 Å². The normalized spacial score (nSPS) is 11.3. The minimum atomic E-state index is -0.231. The van der Waals surface area contributed by atoms with Crippen LogP contribution in [0.25, 0.3) is 0 Å². The van der Waals surface area contributed by atoms with Gasteiger partial charge in [-0.25, -0.2) is 0 Å². The van der Waals surface area contributed by atoms with Crippen molar-refractivity contribution < 1.29 is 14.1 Å². The summed E-state index contributed by atoms with van der Waals surface area (Å²) >= 11 is 0. The lowest BCUT2D eigenvalue weighted by Gasteiger charge is -2.32. The second kappa shape index (κ2) is 8.35. The maximum atomic E-state index is 13.2. The average molecular weight is 372 g/mol. The van der Waals surface area contributed by atoms with Crippen molar-refractivity contribution >= 4 is 17.5 Å². The first-order valence-electron chi connectivity index (χ1n) is 8.91. The molecule has 0 spiro atoms. The lowest BCUT2D eigenvalue weighted by atomic mass is 9.92. The second-order valence-electron chi connectivity index (χ2n) is 7.61. The van der Waals surface area contributed by atoms with Gasteiger partial charge in [0.1, 0.15) is 11.3 Å². The van der Waals surface area contributed by atoms with E-state index in [9.17, 15) is 9.59 Å². The Kier molecular flexibility index (Phi) is 6.38. The first-order valence-corrected chi connectivity index (χ1v) is 8.91. The Morgan fingerprint density at radius 3 is 2.33 bits per heavy atom. The summed E-state index contributed by atoms with van der Waals surface area (Å²) in [6.45, 7) is 10.4. The average Bonchev–Trinajstić information content (AvgIpc) is 2.93. The van der Waals surface area contributed by atoms with E-state index in [1.807, 2.05) is 38.1 Å². The van der Waals surface area contributed by atoms with Crippen molar-refractivity contribution in [3.8, 4) is 0 Å². The zero-order valence-electron chi connectivity index (χ0n) is 16.6. The molecule has 0 atom stereocenters. The van der Waals surface area contributed by atoms with Gasteiger partial charge in [-0.1, -0.05) is 31.1 Å². The molecule has 2 amide bonds. The van der Waals surface area contributed by atoms with E-state index in [4.69, 9.17) is 10.3 Å². The van der Waals surface area contributed by atoms with Crippen LogP contribution in [-0.4, -0.2) is 35.0 Å². The van der Waals surface area contributed by atoms with Gasteiger partial charge < -0.3 is 20.5 Å². The van der Waals surface area contributed by atoms with Crippen LogP contribution in [0.3, 0.4) is 0 Å². The number of carbonyl (C=O) groups excluding carboxylic acids is 2. The third kappa shape index (κ3) is 5.40. The number of anilines is 1. The molecule has 0 saturated heterocycles.